The van der Waals surface area contributed by atoms with Crippen molar-refractivity contribution in [1.82, 2.24) is 14.9 Å². The first-order valence-corrected chi connectivity index (χ1v) is 12.3. The van der Waals surface area contributed by atoms with Crippen LogP contribution in [-0.2, 0) is 6.42 Å². The van der Waals surface area contributed by atoms with E-state index in [9.17, 15) is 8.78 Å². The molecule has 4 rings (SSSR count). The third kappa shape index (κ3) is 6.15. The van der Waals surface area contributed by atoms with Gasteiger partial charge in [-0.25, -0.2) is 23.1 Å². The van der Waals surface area contributed by atoms with Crippen molar-refractivity contribution >= 4 is 5.69 Å². The van der Waals surface area contributed by atoms with E-state index in [0.717, 1.165) is 6.20 Å². The Hall–Kier alpha value is -3.33. The number of fused-ring (bicyclic) bond motifs is 1. The van der Waals surface area contributed by atoms with Crippen LogP contribution in [0.5, 0.6) is 11.5 Å². The lowest BCUT2D eigenvalue weighted by atomic mass is 10.0. The van der Waals surface area contributed by atoms with Crippen LogP contribution in [0.25, 0.3) is 11.3 Å². The summed E-state index contributed by atoms with van der Waals surface area (Å²) in [6.07, 6.45) is 1.23. The Morgan fingerprint density at radius 1 is 1.08 bits per heavy atom. The van der Waals surface area contributed by atoms with Crippen molar-refractivity contribution in [1.29, 1.82) is 0 Å². The van der Waals surface area contributed by atoms with E-state index < -0.39 is 23.1 Å². The lowest BCUT2D eigenvalue weighted by molar-refractivity contribution is 0.0967. The van der Waals surface area contributed by atoms with Gasteiger partial charge in [-0.1, -0.05) is 6.07 Å². The van der Waals surface area contributed by atoms with E-state index in [1.165, 1.54) is 12.1 Å². The summed E-state index contributed by atoms with van der Waals surface area (Å²) in [5.74, 6) is -1.16. The predicted molar refractivity (Wildman–Crippen MR) is 138 cm³/mol. The molecule has 0 unspecified atom stereocenters. The molecule has 2 aromatic carbocycles. The zero-order valence-corrected chi connectivity index (χ0v) is 22.1. The van der Waals surface area contributed by atoms with Crippen molar-refractivity contribution in [2.45, 2.75) is 45.8 Å². The Morgan fingerprint density at radius 3 is 2.51 bits per heavy atom. The van der Waals surface area contributed by atoms with E-state index in [-0.39, 0.29) is 41.0 Å². The van der Waals surface area contributed by atoms with Crippen molar-refractivity contribution in [2.75, 3.05) is 38.7 Å². The Morgan fingerprint density at radius 2 is 1.84 bits per heavy atom. The summed E-state index contributed by atoms with van der Waals surface area (Å²) in [5.41, 5.74) is 0.838. The molecule has 37 heavy (non-hydrogen) atoms. The predicted octanol–water partition coefficient (Wildman–Crippen LogP) is 5.48. The maximum atomic E-state index is 15.2. The van der Waals surface area contributed by atoms with Crippen molar-refractivity contribution in [3.63, 3.8) is 0 Å². The van der Waals surface area contributed by atoms with Crippen molar-refractivity contribution in [3.8, 4) is 22.8 Å². The van der Waals surface area contributed by atoms with E-state index in [0.29, 0.717) is 30.9 Å². The molecule has 0 N–H and O–H groups in total. The number of halogens is 3. The Kier molecular flexibility index (Phi) is 7.64. The van der Waals surface area contributed by atoms with Gasteiger partial charge in [0.15, 0.2) is 29.0 Å². The normalized spacial score (nSPS) is 14.6. The maximum absolute atomic E-state index is 15.2. The molecule has 1 aliphatic rings. The van der Waals surface area contributed by atoms with Crippen molar-refractivity contribution < 1.29 is 22.6 Å². The minimum absolute atomic E-state index is 0.0237. The summed E-state index contributed by atoms with van der Waals surface area (Å²) in [6.45, 7) is 9.41. The molecule has 1 aliphatic heterocycles. The number of likely N-dealkylation sites (N-methyl/N-ethyl adjacent to an activating group) is 1. The summed E-state index contributed by atoms with van der Waals surface area (Å²) in [7, 11) is 3.82. The summed E-state index contributed by atoms with van der Waals surface area (Å²) >= 11 is 0. The summed E-state index contributed by atoms with van der Waals surface area (Å²) in [6, 6.07) is 7.64. The maximum Gasteiger partial charge on any atom is 0.179 e. The van der Waals surface area contributed by atoms with Crippen LogP contribution in [0.4, 0.5) is 18.9 Å². The fourth-order valence-corrected chi connectivity index (χ4v) is 4.28. The van der Waals surface area contributed by atoms with Gasteiger partial charge >= 0.3 is 0 Å². The lowest BCUT2D eigenvalue weighted by Crippen LogP contribution is -2.49. The molecule has 0 radical (unpaired) electrons. The first kappa shape index (κ1) is 26.7. The number of rotatable bonds is 8. The topological polar surface area (TPSA) is 50.7 Å². The molecule has 0 bridgehead atoms. The van der Waals surface area contributed by atoms with Crippen LogP contribution in [-0.4, -0.2) is 60.3 Å². The van der Waals surface area contributed by atoms with Crippen LogP contribution >= 0.6 is 0 Å². The minimum Gasteiger partial charge on any atom is -0.489 e. The SMILES string of the molecule is CC(C)N1CC(C)(C)Oc2c(F)cc(-c3nc(Cc4ccc(OCCN(C)C)c(F)c4)ncc3F)cc21. The third-order valence-corrected chi connectivity index (χ3v) is 6.11. The standard InChI is InChI=1S/C28H33F3N4O2/c1-17(2)35-16-28(3,4)37-27-21(30)13-19(14-23(27)35)26-22(31)15-32-25(33-26)12-18-7-8-24(20(29)11-18)36-10-9-34(5)6/h7-8,11,13-15,17H,9-10,12,16H2,1-6H3. The Labute approximate surface area is 216 Å². The van der Waals surface area contributed by atoms with Crippen LogP contribution in [0.15, 0.2) is 36.5 Å². The molecular weight excluding hydrogens is 481 g/mol. The van der Waals surface area contributed by atoms with Crippen LogP contribution in [0.2, 0.25) is 0 Å². The molecule has 9 heteroatoms. The number of hydrogen-bond donors (Lipinski definition) is 0. The Bertz CT molecular complexity index is 1280. The molecular formula is C28H33F3N4O2. The second-order valence-electron chi connectivity index (χ2n) is 10.5. The molecule has 0 amide bonds. The van der Waals surface area contributed by atoms with Gasteiger partial charge < -0.3 is 19.3 Å². The number of anilines is 1. The van der Waals surface area contributed by atoms with Gasteiger partial charge in [0.2, 0.25) is 0 Å². The van der Waals surface area contributed by atoms with Gasteiger partial charge in [-0.3, -0.25) is 0 Å². The summed E-state index contributed by atoms with van der Waals surface area (Å²) < 4.78 is 56.0. The fourth-order valence-electron chi connectivity index (χ4n) is 4.28. The van der Waals surface area contributed by atoms with Crippen LogP contribution in [0.1, 0.15) is 39.1 Å². The molecule has 2 heterocycles. The van der Waals surface area contributed by atoms with Gasteiger partial charge in [0.05, 0.1) is 18.4 Å². The first-order chi connectivity index (χ1) is 17.4. The van der Waals surface area contributed by atoms with Gasteiger partial charge in [-0.2, -0.15) is 0 Å². The van der Waals surface area contributed by atoms with Gasteiger partial charge in [0.1, 0.15) is 23.7 Å². The fraction of sp³-hybridized carbons (Fsp3) is 0.429. The molecule has 198 valence electrons. The first-order valence-electron chi connectivity index (χ1n) is 12.3. The van der Waals surface area contributed by atoms with Crippen molar-refractivity contribution in [2.24, 2.45) is 0 Å². The largest absolute Gasteiger partial charge is 0.489 e. The minimum atomic E-state index is -0.674. The number of aromatic nitrogens is 2. The molecule has 0 atom stereocenters. The van der Waals surface area contributed by atoms with E-state index in [1.54, 1.807) is 18.2 Å². The highest BCUT2D eigenvalue weighted by Crippen LogP contribution is 2.42. The average Bonchev–Trinajstić information content (AvgIpc) is 2.81. The van der Waals surface area contributed by atoms with Gasteiger partial charge in [0, 0.05) is 24.6 Å². The van der Waals surface area contributed by atoms with Crippen LogP contribution in [0, 0.1) is 17.5 Å². The second kappa shape index (κ2) is 10.6. The van der Waals surface area contributed by atoms with E-state index in [1.807, 2.05) is 51.6 Å². The number of nitrogens with zero attached hydrogens (tertiary/aromatic N) is 4. The van der Waals surface area contributed by atoms with E-state index >= 15 is 4.39 Å². The molecule has 0 spiro atoms. The van der Waals surface area contributed by atoms with E-state index in [2.05, 4.69) is 9.97 Å². The zero-order chi connectivity index (χ0) is 26.9. The van der Waals surface area contributed by atoms with Gasteiger partial charge in [-0.05, 0) is 71.6 Å². The van der Waals surface area contributed by atoms with Crippen LogP contribution < -0.4 is 14.4 Å². The van der Waals surface area contributed by atoms with Gasteiger partial charge in [0.25, 0.3) is 0 Å². The second-order valence-corrected chi connectivity index (χ2v) is 10.5. The molecule has 0 saturated heterocycles. The zero-order valence-electron chi connectivity index (χ0n) is 22.1. The highest BCUT2D eigenvalue weighted by molar-refractivity contribution is 5.72. The molecule has 6 nitrogen and oxygen atoms in total. The highest BCUT2D eigenvalue weighted by atomic mass is 19.1. The summed E-state index contributed by atoms with van der Waals surface area (Å²) in [4.78, 5) is 12.4. The molecule has 0 saturated carbocycles. The highest BCUT2D eigenvalue weighted by Gasteiger charge is 2.35. The molecule has 3 aromatic rings. The average molecular weight is 515 g/mol. The van der Waals surface area contributed by atoms with E-state index in [4.69, 9.17) is 9.47 Å². The lowest BCUT2D eigenvalue weighted by Gasteiger charge is -2.43. The quantitative estimate of drug-likeness (QED) is 0.397. The smallest absolute Gasteiger partial charge is 0.179 e. The third-order valence-electron chi connectivity index (χ3n) is 6.11. The Balaban J connectivity index is 1.62. The number of hydrogen-bond acceptors (Lipinski definition) is 6. The molecule has 0 aliphatic carbocycles. The number of benzene rings is 2. The van der Waals surface area contributed by atoms with Gasteiger partial charge in [-0.15, -0.1) is 0 Å². The molecule has 0 fully saturated rings. The van der Waals surface area contributed by atoms with Crippen molar-refractivity contribution in [3.05, 3.63) is 65.4 Å². The summed E-state index contributed by atoms with van der Waals surface area (Å²) in [5, 5.41) is 0. The van der Waals surface area contributed by atoms with Crippen LogP contribution in [0.3, 0.4) is 0 Å². The molecule has 1 aromatic heterocycles. The monoisotopic (exact) mass is 514 g/mol. The number of ether oxygens (including phenoxy) is 2.